The summed E-state index contributed by atoms with van der Waals surface area (Å²) in [6.45, 7) is 3.82. The second-order valence-electron chi connectivity index (χ2n) is 5.09. The van der Waals surface area contributed by atoms with Gasteiger partial charge in [-0.2, -0.15) is 0 Å². The van der Waals surface area contributed by atoms with E-state index in [1.54, 1.807) is 24.3 Å². The molecule has 1 aliphatic rings. The number of ether oxygens (including phenoxy) is 3. The summed E-state index contributed by atoms with van der Waals surface area (Å²) >= 11 is 0.779. The monoisotopic (exact) mass is 365 g/mol. The minimum Gasteiger partial charge on any atom is -0.493 e. The third-order valence-corrected chi connectivity index (χ3v) is 4.42. The summed E-state index contributed by atoms with van der Waals surface area (Å²) in [7, 11) is 2.73. The van der Waals surface area contributed by atoms with E-state index < -0.39 is 23.2 Å². The highest BCUT2D eigenvalue weighted by Gasteiger charge is 2.41. The van der Waals surface area contributed by atoms with Crippen LogP contribution in [0.3, 0.4) is 0 Å². The Bertz CT molecular complexity index is 730. The molecule has 0 unspecified atom stereocenters. The van der Waals surface area contributed by atoms with Gasteiger partial charge in [-0.25, -0.2) is 4.79 Å². The van der Waals surface area contributed by atoms with E-state index >= 15 is 0 Å². The predicted molar refractivity (Wildman–Crippen MR) is 93.5 cm³/mol. The number of thioether (sulfide) groups is 1. The topological polar surface area (TPSA) is 82.1 Å². The lowest BCUT2D eigenvalue weighted by Crippen LogP contribution is -2.42. The van der Waals surface area contributed by atoms with Gasteiger partial charge in [-0.1, -0.05) is 6.07 Å². The highest BCUT2D eigenvalue weighted by molar-refractivity contribution is 8.18. The Morgan fingerprint density at radius 1 is 1.28 bits per heavy atom. The number of carbonyl (C=O) groups excluding carboxylic acids is 3. The first-order chi connectivity index (χ1) is 11.9. The average molecular weight is 365 g/mol. The molecule has 0 aromatic heterocycles. The normalized spacial score (nSPS) is 17.0. The number of carbonyl (C=O) groups is 3. The second-order valence-corrected chi connectivity index (χ2v) is 6.09. The zero-order valence-corrected chi connectivity index (χ0v) is 15.2. The molecule has 0 aliphatic carbocycles. The van der Waals surface area contributed by atoms with Gasteiger partial charge in [0.15, 0.2) is 11.5 Å². The minimum atomic E-state index is -0.974. The first-order valence-electron chi connectivity index (χ1n) is 7.58. The molecule has 1 aromatic rings. The minimum absolute atomic E-state index is 0.229. The van der Waals surface area contributed by atoms with E-state index in [0.29, 0.717) is 23.7 Å². The van der Waals surface area contributed by atoms with Crippen molar-refractivity contribution in [1.29, 1.82) is 0 Å². The van der Waals surface area contributed by atoms with Gasteiger partial charge in [0.25, 0.3) is 11.1 Å². The fourth-order valence-electron chi connectivity index (χ4n) is 2.29. The number of methoxy groups -OCH3 is 2. The van der Waals surface area contributed by atoms with E-state index in [1.807, 2.05) is 6.92 Å². The van der Waals surface area contributed by atoms with Crippen LogP contribution in [0.25, 0.3) is 6.08 Å². The summed E-state index contributed by atoms with van der Waals surface area (Å²) in [5.74, 6) is -0.0561. The van der Waals surface area contributed by atoms with Crippen molar-refractivity contribution < 1.29 is 28.6 Å². The van der Waals surface area contributed by atoms with Crippen molar-refractivity contribution in [2.24, 2.45) is 0 Å². The van der Waals surface area contributed by atoms with Crippen LogP contribution in [0.1, 0.15) is 19.4 Å². The zero-order valence-electron chi connectivity index (χ0n) is 14.4. The molecule has 2 amide bonds. The number of hydrogen-bond donors (Lipinski definition) is 0. The van der Waals surface area contributed by atoms with Gasteiger partial charge in [0.1, 0.15) is 6.04 Å². The van der Waals surface area contributed by atoms with Crippen molar-refractivity contribution in [3.05, 3.63) is 28.7 Å². The van der Waals surface area contributed by atoms with Crippen LogP contribution in [0, 0.1) is 0 Å². The molecule has 1 saturated heterocycles. The Morgan fingerprint density at radius 3 is 2.60 bits per heavy atom. The molecule has 0 spiro atoms. The summed E-state index contributed by atoms with van der Waals surface area (Å²) in [4.78, 5) is 37.3. The van der Waals surface area contributed by atoms with E-state index in [-0.39, 0.29) is 4.91 Å². The third-order valence-electron chi connectivity index (χ3n) is 3.54. The van der Waals surface area contributed by atoms with E-state index in [1.165, 1.54) is 21.1 Å². The predicted octanol–water partition coefficient (Wildman–Crippen LogP) is 2.69. The fourth-order valence-corrected chi connectivity index (χ4v) is 3.20. The Hall–Kier alpha value is -2.48. The third kappa shape index (κ3) is 3.96. The maximum atomic E-state index is 12.5. The van der Waals surface area contributed by atoms with Crippen molar-refractivity contribution in [2.75, 3.05) is 20.8 Å². The van der Waals surface area contributed by atoms with E-state index in [4.69, 9.17) is 9.47 Å². The van der Waals surface area contributed by atoms with Crippen LogP contribution in [-0.4, -0.2) is 48.9 Å². The van der Waals surface area contributed by atoms with Gasteiger partial charge in [-0.15, -0.1) is 0 Å². The number of esters is 1. The second kappa shape index (κ2) is 8.06. The molecule has 1 aromatic carbocycles. The molecular formula is C17H19NO6S. The van der Waals surface area contributed by atoms with Gasteiger partial charge in [0, 0.05) is 0 Å². The molecular weight excluding hydrogens is 346 g/mol. The highest BCUT2D eigenvalue weighted by Crippen LogP contribution is 2.35. The Labute approximate surface area is 149 Å². The summed E-state index contributed by atoms with van der Waals surface area (Å²) in [5, 5.41) is -0.507. The van der Waals surface area contributed by atoms with E-state index in [0.717, 1.165) is 16.7 Å². The number of imide groups is 1. The van der Waals surface area contributed by atoms with Crippen LogP contribution in [-0.2, 0) is 14.3 Å². The summed E-state index contributed by atoms with van der Waals surface area (Å²) in [6, 6.07) is 4.22. The van der Waals surface area contributed by atoms with Crippen molar-refractivity contribution >= 4 is 35.0 Å². The molecule has 1 fully saturated rings. The number of nitrogens with zero attached hydrogens (tertiary/aromatic N) is 1. The van der Waals surface area contributed by atoms with Crippen LogP contribution >= 0.6 is 11.8 Å². The van der Waals surface area contributed by atoms with Crippen molar-refractivity contribution in [1.82, 2.24) is 4.90 Å². The highest BCUT2D eigenvalue weighted by atomic mass is 32.2. The molecule has 7 nitrogen and oxygen atoms in total. The zero-order chi connectivity index (χ0) is 18.6. The lowest BCUT2D eigenvalue weighted by molar-refractivity contribution is -0.148. The van der Waals surface area contributed by atoms with Crippen molar-refractivity contribution in [2.45, 2.75) is 19.9 Å². The molecule has 2 rings (SSSR count). The number of hydrogen-bond acceptors (Lipinski definition) is 7. The standard InChI is InChI=1S/C17H19NO6S/c1-5-24-12-7-6-11(8-13(12)22-3)9-14-15(19)18(17(21)25-14)10(2)16(20)23-4/h6-10H,5H2,1-4H3/b14-9+/t10-/m0/s1. The van der Waals surface area contributed by atoms with Crippen LogP contribution < -0.4 is 9.47 Å². The van der Waals surface area contributed by atoms with Gasteiger partial charge >= 0.3 is 5.97 Å². The summed E-state index contributed by atoms with van der Waals surface area (Å²) in [6.07, 6.45) is 1.58. The first kappa shape index (κ1) is 18.9. The van der Waals surface area contributed by atoms with Gasteiger partial charge in [0.2, 0.25) is 0 Å². The van der Waals surface area contributed by atoms with Crippen molar-refractivity contribution in [3.8, 4) is 11.5 Å². The Kier molecular flexibility index (Phi) is 6.08. The van der Waals surface area contributed by atoms with Crippen LogP contribution in [0.4, 0.5) is 4.79 Å². The van der Waals surface area contributed by atoms with Gasteiger partial charge in [-0.05, 0) is 49.4 Å². The molecule has 1 atom stereocenters. The molecule has 0 saturated carbocycles. The fraction of sp³-hybridized carbons (Fsp3) is 0.353. The van der Waals surface area contributed by atoms with Crippen molar-refractivity contribution in [3.63, 3.8) is 0 Å². The summed E-state index contributed by atoms with van der Waals surface area (Å²) < 4.78 is 15.3. The quantitative estimate of drug-likeness (QED) is 0.566. The lowest BCUT2D eigenvalue weighted by Gasteiger charge is -2.18. The van der Waals surface area contributed by atoms with Gasteiger partial charge in [-0.3, -0.25) is 14.5 Å². The van der Waals surface area contributed by atoms with Crippen LogP contribution in [0.5, 0.6) is 11.5 Å². The van der Waals surface area contributed by atoms with Gasteiger partial charge in [0.05, 0.1) is 25.7 Å². The first-order valence-corrected chi connectivity index (χ1v) is 8.40. The lowest BCUT2D eigenvalue weighted by atomic mass is 10.1. The Morgan fingerprint density at radius 2 is 2.00 bits per heavy atom. The smallest absolute Gasteiger partial charge is 0.328 e. The molecule has 1 aliphatic heterocycles. The van der Waals surface area contributed by atoms with Crippen LogP contribution in [0.2, 0.25) is 0 Å². The largest absolute Gasteiger partial charge is 0.493 e. The van der Waals surface area contributed by atoms with E-state index in [2.05, 4.69) is 4.74 Å². The average Bonchev–Trinajstić information content (AvgIpc) is 2.88. The number of benzene rings is 1. The van der Waals surface area contributed by atoms with Crippen LogP contribution in [0.15, 0.2) is 23.1 Å². The maximum absolute atomic E-state index is 12.5. The molecule has 134 valence electrons. The number of amides is 2. The number of rotatable bonds is 6. The molecule has 0 radical (unpaired) electrons. The van der Waals surface area contributed by atoms with Gasteiger partial charge < -0.3 is 14.2 Å². The summed E-state index contributed by atoms with van der Waals surface area (Å²) in [5.41, 5.74) is 0.677. The Balaban J connectivity index is 2.29. The molecule has 8 heteroatoms. The molecule has 1 heterocycles. The van der Waals surface area contributed by atoms with E-state index in [9.17, 15) is 14.4 Å². The molecule has 0 bridgehead atoms. The maximum Gasteiger partial charge on any atom is 0.328 e. The SMILES string of the molecule is CCOc1ccc(/C=C2/SC(=O)N([C@@H](C)C(=O)OC)C2=O)cc1OC. The molecule has 25 heavy (non-hydrogen) atoms. The molecule has 0 N–H and O–H groups in total.